The van der Waals surface area contributed by atoms with Crippen molar-refractivity contribution in [2.24, 2.45) is 0 Å². The molecule has 1 aliphatic carbocycles. The average Bonchev–Trinajstić information content (AvgIpc) is 2.05. The molecule has 0 aromatic rings. The van der Waals surface area contributed by atoms with E-state index >= 15 is 0 Å². The highest BCUT2D eigenvalue weighted by Gasteiger charge is 2.23. The van der Waals surface area contributed by atoms with Crippen LogP contribution in [0, 0.1) is 10.1 Å². The quantitative estimate of drug-likeness (QED) is 0.370. The highest BCUT2D eigenvalue weighted by atomic mass is 16.6. The van der Waals surface area contributed by atoms with Gasteiger partial charge in [0.2, 0.25) is 6.04 Å². The van der Waals surface area contributed by atoms with Gasteiger partial charge in [0.25, 0.3) is 0 Å². The standard InChI is InChI=1S/C9H15NO2/c1-2-4-8-5-3-6-9(7-8)10(11)12/h5,9H,2-4,6-7H2,1H3. The van der Waals surface area contributed by atoms with E-state index in [0.29, 0.717) is 6.42 Å². The molecule has 0 heterocycles. The number of hydrogen-bond acceptors (Lipinski definition) is 2. The van der Waals surface area contributed by atoms with Crippen molar-refractivity contribution in [3.05, 3.63) is 21.8 Å². The maximum absolute atomic E-state index is 10.5. The lowest BCUT2D eigenvalue weighted by Gasteiger charge is -2.15. The number of allylic oxidation sites excluding steroid dienone is 1. The first-order valence-corrected chi connectivity index (χ1v) is 4.55. The second-order valence-electron chi connectivity index (χ2n) is 3.33. The van der Waals surface area contributed by atoms with Crippen LogP contribution in [0.25, 0.3) is 0 Å². The van der Waals surface area contributed by atoms with Crippen LogP contribution in [0.4, 0.5) is 0 Å². The topological polar surface area (TPSA) is 43.1 Å². The summed E-state index contributed by atoms with van der Waals surface area (Å²) in [6.45, 7) is 2.11. The molecule has 1 rings (SSSR count). The molecule has 0 aromatic carbocycles. The monoisotopic (exact) mass is 169 g/mol. The van der Waals surface area contributed by atoms with Crippen molar-refractivity contribution < 1.29 is 4.92 Å². The van der Waals surface area contributed by atoms with Crippen LogP contribution in [0.3, 0.4) is 0 Å². The fraction of sp³-hybridized carbons (Fsp3) is 0.778. The van der Waals surface area contributed by atoms with Crippen LogP contribution in [-0.2, 0) is 0 Å². The zero-order valence-electron chi connectivity index (χ0n) is 7.45. The van der Waals surface area contributed by atoms with Crippen molar-refractivity contribution in [3.63, 3.8) is 0 Å². The molecule has 1 atom stereocenters. The predicted octanol–water partition coefficient (Wildman–Crippen LogP) is 2.54. The van der Waals surface area contributed by atoms with Crippen LogP contribution in [0.5, 0.6) is 0 Å². The van der Waals surface area contributed by atoms with Gasteiger partial charge < -0.3 is 0 Å². The highest BCUT2D eigenvalue weighted by Crippen LogP contribution is 2.23. The molecule has 68 valence electrons. The minimum absolute atomic E-state index is 0.136. The zero-order chi connectivity index (χ0) is 8.97. The summed E-state index contributed by atoms with van der Waals surface area (Å²) in [6, 6.07) is -0.309. The van der Waals surface area contributed by atoms with Gasteiger partial charge in [-0.15, -0.1) is 0 Å². The number of nitro groups is 1. The Hall–Kier alpha value is -0.860. The van der Waals surface area contributed by atoms with E-state index in [-0.39, 0.29) is 11.0 Å². The average molecular weight is 169 g/mol. The van der Waals surface area contributed by atoms with Gasteiger partial charge in [-0.1, -0.05) is 25.0 Å². The summed E-state index contributed by atoms with van der Waals surface area (Å²) in [4.78, 5) is 10.3. The molecule has 0 radical (unpaired) electrons. The van der Waals surface area contributed by atoms with Crippen molar-refractivity contribution in [1.29, 1.82) is 0 Å². The van der Waals surface area contributed by atoms with Gasteiger partial charge in [-0.3, -0.25) is 10.1 Å². The van der Waals surface area contributed by atoms with Crippen molar-refractivity contribution in [2.75, 3.05) is 0 Å². The van der Waals surface area contributed by atoms with Gasteiger partial charge in [-0.2, -0.15) is 0 Å². The van der Waals surface area contributed by atoms with E-state index in [2.05, 4.69) is 13.0 Å². The first-order valence-electron chi connectivity index (χ1n) is 4.55. The normalized spacial score (nSPS) is 23.4. The van der Waals surface area contributed by atoms with Gasteiger partial charge in [0, 0.05) is 17.8 Å². The van der Waals surface area contributed by atoms with Crippen LogP contribution in [0.15, 0.2) is 11.6 Å². The molecular weight excluding hydrogens is 154 g/mol. The Kier molecular flexibility index (Phi) is 3.26. The van der Waals surface area contributed by atoms with Crippen LogP contribution >= 0.6 is 0 Å². The fourth-order valence-corrected chi connectivity index (χ4v) is 1.67. The summed E-state index contributed by atoms with van der Waals surface area (Å²) in [5.41, 5.74) is 1.28. The van der Waals surface area contributed by atoms with Gasteiger partial charge in [0.05, 0.1) is 0 Å². The van der Waals surface area contributed by atoms with E-state index in [9.17, 15) is 10.1 Å². The third-order valence-corrected chi connectivity index (χ3v) is 2.30. The molecule has 12 heavy (non-hydrogen) atoms. The third kappa shape index (κ3) is 2.32. The lowest BCUT2D eigenvalue weighted by molar-refractivity contribution is -0.523. The van der Waals surface area contributed by atoms with Crippen molar-refractivity contribution in [3.8, 4) is 0 Å². The third-order valence-electron chi connectivity index (χ3n) is 2.30. The Balaban J connectivity index is 2.47. The molecule has 1 unspecified atom stereocenters. The Labute approximate surface area is 72.6 Å². The molecule has 1 aliphatic rings. The largest absolute Gasteiger partial charge is 0.264 e. The summed E-state index contributed by atoms with van der Waals surface area (Å²) in [7, 11) is 0. The van der Waals surface area contributed by atoms with Crippen LogP contribution in [0.2, 0.25) is 0 Å². The molecule has 0 N–H and O–H groups in total. The molecule has 0 fully saturated rings. The minimum Gasteiger partial charge on any atom is -0.264 e. The van der Waals surface area contributed by atoms with E-state index in [1.165, 1.54) is 5.57 Å². The Morgan fingerprint density at radius 2 is 2.50 bits per heavy atom. The van der Waals surface area contributed by atoms with Gasteiger partial charge >= 0.3 is 0 Å². The first kappa shape index (κ1) is 9.23. The molecule has 0 spiro atoms. The van der Waals surface area contributed by atoms with Gasteiger partial charge in [-0.05, 0) is 12.8 Å². The zero-order valence-corrected chi connectivity index (χ0v) is 7.45. The van der Waals surface area contributed by atoms with Crippen LogP contribution < -0.4 is 0 Å². The lowest BCUT2D eigenvalue weighted by atomic mass is 9.93. The van der Waals surface area contributed by atoms with E-state index in [0.717, 1.165) is 25.7 Å². The lowest BCUT2D eigenvalue weighted by Crippen LogP contribution is -2.22. The maximum atomic E-state index is 10.5. The van der Waals surface area contributed by atoms with E-state index < -0.39 is 0 Å². The first-order chi connectivity index (χ1) is 5.74. The summed E-state index contributed by atoms with van der Waals surface area (Å²) < 4.78 is 0. The smallest absolute Gasteiger partial charge is 0.217 e. The van der Waals surface area contributed by atoms with Crippen molar-refractivity contribution in [1.82, 2.24) is 0 Å². The van der Waals surface area contributed by atoms with Crippen molar-refractivity contribution in [2.45, 2.75) is 45.1 Å². The second-order valence-corrected chi connectivity index (χ2v) is 3.33. The highest BCUT2D eigenvalue weighted by molar-refractivity contribution is 5.06. The molecule has 3 heteroatoms. The van der Waals surface area contributed by atoms with Gasteiger partial charge in [0.15, 0.2) is 0 Å². The van der Waals surface area contributed by atoms with E-state index in [1.807, 2.05) is 0 Å². The molecular formula is C9H15NO2. The molecule has 0 aromatic heterocycles. The molecule has 0 saturated heterocycles. The molecule has 0 aliphatic heterocycles. The second kappa shape index (κ2) is 4.24. The molecule has 0 amide bonds. The molecule has 0 saturated carbocycles. The Morgan fingerprint density at radius 1 is 1.75 bits per heavy atom. The van der Waals surface area contributed by atoms with E-state index in [4.69, 9.17) is 0 Å². The van der Waals surface area contributed by atoms with Crippen LogP contribution in [-0.4, -0.2) is 11.0 Å². The summed E-state index contributed by atoms with van der Waals surface area (Å²) in [5.74, 6) is 0. The Morgan fingerprint density at radius 3 is 3.08 bits per heavy atom. The minimum atomic E-state index is -0.309. The molecule has 3 nitrogen and oxygen atoms in total. The van der Waals surface area contributed by atoms with Gasteiger partial charge in [0.1, 0.15) is 0 Å². The van der Waals surface area contributed by atoms with Crippen LogP contribution in [0.1, 0.15) is 39.0 Å². The SMILES string of the molecule is CCCC1=CCCC([N+](=O)[O-])C1. The number of nitrogens with zero attached hydrogens (tertiary/aromatic N) is 1. The van der Waals surface area contributed by atoms with Crippen molar-refractivity contribution >= 4 is 0 Å². The predicted molar refractivity (Wildman–Crippen MR) is 47.6 cm³/mol. The number of hydrogen-bond donors (Lipinski definition) is 0. The summed E-state index contributed by atoms with van der Waals surface area (Å²) in [5, 5.41) is 10.5. The fourth-order valence-electron chi connectivity index (χ4n) is 1.67. The number of rotatable bonds is 3. The Bertz CT molecular complexity index is 199. The van der Waals surface area contributed by atoms with Gasteiger partial charge in [-0.25, -0.2) is 0 Å². The molecule has 0 bridgehead atoms. The summed E-state index contributed by atoms with van der Waals surface area (Å²) >= 11 is 0. The summed E-state index contributed by atoms with van der Waals surface area (Å²) in [6.07, 6.45) is 6.59. The van der Waals surface area contributed by atoms with E-state index in [1.54, 1.807) is 0 Å². The maximum Gasteiger partial charge on any atom is 0.217 e.